The van der Waals surface area contributed by atoms with Gasteiger partial charge in [0.05, 0.1) is 6.42 Å². The van der Waals surface area contributed by atoms with E-state index >= 15 is 0 Å². The fraction of sp³-hybridized carbons (Fsp3) is 0.400. The Balaban J connectivity index is 2.56. The van der Waals surface area contributed by atoms with Crippen molar-refractivity contribution < 1.29 is 9.59 Å². The molecule has 0 saturated heterocycles. The van der Waals surface area contributed by atoms with Gasteiger partial charge in [0, 0.05) is 21.3 Å². The van der Waals surface area contributed by atoms with Crippen molar-refractivity contribution >= 4 is 33.5 Å². The van der Waals surface area contributed by atoms with Crippen LogP contribution in [0.1, 0.15) is 44.5 Å². The van der Waals surface area contributed by atoms with Gasteiger partial charge in [-0.3, -0.25) is 9.59 Å². The summed E-state index contributed by atoms with van der Waals surface area (Å²) in [5.41, 5.74) is 3.20. The molecule has 5 nitrogen and oxygen atoms in total. The molecule has 0 aromatic heterocycles. The summed E-state index contributed by atoms with van der Waals surface area (Å²) in [6.07, 6.45) is 0.149. The van der Waals surface area contributed by atoms with Crippen molar-refractivity contribution in [3.8, 4) is 0 Å². The summed E-state index contributed by atoms with van der Waals surface area (Å²) in [4.78, 5) is 23.6. The molecule has 0 spiro atoms. The summed E-state index contributed by atoms with van der Waals surface area (Å²) < 4.78 is 0.820. The molecule has 0 aliphatic heterocycles. The highest BCUT2D eigenvalue weighted by Gasteiger charge is 2.14. The van der Waals surface area contributed by atoms with Crippen LogP contribution >= 0.6 is 15.9 Å². The number of nitrogens with zero attached hydrogens (tertiary/aromatic N) is 1. The van der Waals surface area contributed by atoms with E-state index < -0.39 is 0 Å². The van der Waals surface area contributed by atoms with E-state index in [1.54, 1.807) is 25.1 Å². The molecule has 0 unspecified atom stereocenters. The van der Waals surface area contributed by atoms with Crippen LogP contribution in [-0.4, -0.2) is 23.1 Å². The van der Waals surface area contributed by atoms with Crippen molar-refractivity contribution in [1.29, 1.82) is 0 Å². The fourth-order valence-electron chi connectivity index (χ4n) is 1.57. The highest BCUT2D eigenvalue weighted by Crippen LogP contribution is 2.11. The predicted octanol–water partition coefficient (Wildman–Crippen LogP) is 2.86. The molecule has 114 valence electrons. The Kier molecular flexibility index (Phi) is 6.08. The average Bonchev–Trinajstić information content (AvgIpc) is 2.33. The Morgan fingerprint density at radius 3 is 2.52 bits per heavy atom. The third-order valence-corrected chi connectivity index (χ3v) is 2.86. The number of carbonyl (C=O) groups is 2. The van der Waals surface area contributed by atoms with Crippen molar-refractivity contribution in [1.82, 2.24) is 10.7 Å². The lowest BCUT2D eigenvalue weighted by Gasteiger charge is -2.20. The van der Waals surface area contributed by atoms with Crippen LogP contribution in [0.4, 0.5) is 0 Å². The van der Waals surface area contributed by atoms with Crippen LogP contribution in [0.3, 0.4) is 0 Å². The first kappa shape index (κ1) is 17.4. The number of amides is 2. The maximum absolute atomic E-state index is 11.9. The number of hydrogen-bond donors (Lipinski definition) is 2. The van der Waals surface area contributed by atoms with Gasteiger partial charge < -0.3 is 5.32 Å². The molecule has 1 rings (SSSR count). The third kappa shape index (κ3) is 7.04. The summed E-state index contributed by atoms with van der Waals surface area (Å²) in [6, 6.07) is 7.00. The van der Waals surface area contributed by atoms with E-state index in [0.29, 0.717) is 11.3 Å². The van der Waals surface area contributed by atoms with Gasteiger partial charge in [-0.05, 0) is 45.9 Å². The van der Waals surface area contributed by atoms with Crippen LogP contribution in [0.5, 0.6) is 0 Å². The lowest BCUT2D eigenvalue weighted by molar-refractivity contribution is -0.121. The number of hydrazone groups is 1. The molecule has 0 heterocycles. The first-order chi connectivity index (χ1) is 9.67. The van der Waals surface area contributed by atoms with Gasteiger partial charge in [-0.1, -0.05) is 22.0 Å². The van der Waals surface area contributed by atoms with E-state index in [1.807, 2.05) is 26.8 Å². The van der Waals surface area contributed by atoms with Crippen molar-refractivity contribution in [3.05, 3.63) is 34.3 Å². The maximum atomic E-state index is 11.9. The molecule has 0 radical (unpaired) electrons. The SMILES string of the molecule is C/C(CC(=O)NC(C)(C)C)=N\NC(=O)c1cccc(Br)c1. The second-order valence-corrected chi connectivity index (χ2v) is 6.69. The van der Waals surface area contributed by atoms with Gasteiger partial charge in [-0.25, -0.2) is 5.43 Å². The second-order valence-electron chi connectivity index (χ2n) is 5.77. The van der Waals surface area contributed by atoms with Crippen LogP contribution < -0.4 is 10.7 Å². The highest BCUT2D eigenvalue weighted by molar-refractivity contribution is 9.10. The summed E-state index contributed by atoms with van der Waals surface area (Å²) >= 11 is 3.30. The molecule has 0 aliphatic rings. The molecule has 0 atom stereocenters. The molecule has 21 heavy (non-hydrogen) atoms. The molecule has 0 bridgehead atoms. The molecule has 1 aromatic rings. The Morgan fingerprint density at radius 2 is 1.95 bits per heavy atom. The number of hydrogen-bond acceptors (Lipinski definition) is 3. The van der Waals surface area contributed by atoms with Crippen LogP contribution in [-0.2, 0) is 4.79 Å². The van der Waals surface area contributed by atoms with Gasteiger partial charge in [0.2, 0.25) is 5.91 Å². The minimum absolute atomic E-state index is 0.125. The molecule has 6 heteroatoms. The summed E-state index contributed by atoms with van der Waals surface area (Å²) in [6.45, 7) is 7.43. The molecule has 0 fully saturated rings. The lowest BCUT2D eigenvalue weighted by atomic mass is 10.1. The fourth-order valence-corrected chi connectivity index (χ4v) is 1.97. The quantitative estimate of drug-likeness (QED) is 0.645. The normalized spacial score (nSPS) is 12.0. The monoisotopic (exact) mass is 353 g/mol. The standard InChI is InChI=1S/C15H20BrN3O2/c1-10(8-13(20)17-15(2,3)4)18-19-14(21)11-6-5-7-12(16)9-11/h5-7,9H,8H2,1-4H3,(H,17,20)(H,19,21)/b18-10+. The minimum atomic E-state index is -0.313. The molecular formula is C15H20BrN3O2. The van der Waals surface area contributed by atoms with Crippen LogP contribution in [0.25, 0.3) is 0 Å². The third-order valence-electron chi connectivity index (χ3n) is 2.37. The minimum Gasteiger partial charge on any atom is -0.351 e. The predicted molar refractivity (Wildman–Crippen MR) is 87.2 cm³/mol. The first-order valence-corrected chi connectivity index (χ1v) is 7.37. The van der Waals surface area contributed by atoms with E-state index in [2.05, 4.69) is 31.8 Å². The highest BCUT2D eigenvalue weighted by atomic mass is 79.9. The molecule has 0 aliphatic carbocycles. The summed E-state index contributed by atoms with van der Waals surface area (Å²) in [5, 5.41) is 6.78. The summed E-state index contributed by atoms with van der Waals surface area (Å²) in [7, 11) is 0. The zero-order valence-corrected chi connectivity index (χ0v) is 14.2. The van der Waals surface area contributed by atoms with Gasteiger partial charge in [-0.15, -0.1) is 0 Å². The van der Waals surface area contributed by atoms with Crippen LogP contribution in [0.15, 0.2) is 33.8 Å². The smallest absolute Gasteiger partial charge is 0.271 e. The van der Waals surface area contributed by atoms with E-state index in [1.165, 1.54) is 0 Å². The van der Waals surface area contributed by atoms with Gasteiger partial charge in [-0.2, -0.15) is 5.10 Å². The van der Waals surface area contributed by atoms with E-state index in [-0.39, 0.29) is 23.8 Å². The van der Waals surface area contributed by atoms with Gasteiger partial charge in [0.1, 0.15) is 0 Å². The molecular weight excluding hydrogens is 334 g/mol. The number of nitrogens with one attached hydrogen (secondary N) is 2. The molecule has 2 amide bonds. The van der Waals surface area contributed by atoms with Gasteiger partial charge >= 0.3 is 0 Å². The molecule has 1 aromatic carbocycles. The molecule has 2 N–H and O–H groups in total. The number of rotatable bonds is 4. The Labute approximate surface area is 133 Å². The molecule has 0 saturated carbocycles. The van der Waals surface area contributed by atoms with E-state index in [4.69, 9.17) is 0 Å². The zero-order valence-electron chi connectivity index (χ0n) is 12.7. The number of halogens is 1. The Bertz CT molecular complexity index is 562. The van der Waals surface area contributed by atoms with E-state index in [0.717, 1.165) is 4.47 Å². The van der Waals surface area contributed by atoms with Crippen molar-refractivity contribution in [2.45, 2.75) is 39.7 Å². The van der Waals surface area contributed by atoms with Crippen molar-refractivity contribution in [3.63, 3.8) is 0 Å². The van der Waals surface area contributed by atoms with Gasteiger partial charge in [0.15, 0.2) is 0 Å². The second kappa shape index (κ2) is 7.36. The van der Waals surface area contributed by atoms with Crippen molar-refractivity contribution in [2.24, 2.45) is 5.10 Å². The average molecular weight is 354 g/mol. The zero-order chi connectivity index (χ0) is 16.0. The number of carbonyl (C=O) groups excluding carboxylic acids is 2. The van der Waals surface area contributed by atoms with E-state index in [9.17, 15) is 9.59 Å². The first-order valence-electron chi connectivity index (χ1n) is 6.57. The van der Waals surface area contributed by atoms with Gasteiger partial charge in [0.25, 0.3) is 5.91 Å². The van der Waals surface area contributed by atoms with Crippen molar-refractivity contribution in [2.75, 3.05) is 0 Å². The van der Waals surface area contributed by atoms with Crippen LogP contribution in [0.2, 0.25) is 0 Å². The van der Waals surface area contributed by atoms with Crippen LogP contribution in [0, 0.1) is 0 Å². The topological polar surface area (TPSA) is 70.6 Å². The Hall–Kier alpha value is -1.69. The largest absolute Gasteiger partial charge is 0.351 e. The lowest BCUT2D eigenvalue weighted by Crippen LogP contribution is -2.41. The summed E-state index contributed by atoms with van der Waals surface area (Å²) in [5.74, 6) is -0.438. The Morgan fingerprint density at radius 1 is 1.29 bits per heavy atom. The number of benzene rings is 1. The maximum Gasteiger partial charge on any atom is 0.271 e.